The van der Waals surface area contributed by atoms with Gasteiger partial charge in [-0.25, -0.2) is 0 Å². The van der Waals surface area contributed by atoms with E-state index in [1.807, 2.05) is 0 Å². The van der Waals surface area contributed by atoms with E-state index >= 15 is 0 Å². The summed E-state index contributed by atoms with van der Waals surface area (Å²) in [5.41, 5.74) is -3.89. The van der Waals surface area contributed by atoms with Crippen LogP contribution in [-0.2, 0) is 14.2 Å². The van der Waals surface area contributed by atoms with Gasteiger partial charge in [0.2, 0.25) is 5.79 Å². The molecule has 2 fully saturated rings. The van der Waals surface area contributed by atoms with Crippen molar-refractivity contribution in [3.8, 4) is 0 Å². The number of aliphatic hydroxyl groups excluding tert-OH is 7. The molecule has 0 aliphatic carbocycles. The minimum Gasteiger partial charge on any atom is -0.394 e. The molecule has 2 heterocycles. The maximum absolute atomic E-state index is 10.2. The summed E-state index contributed by atoms with van der Waals surface area (Å²) in [5, 5.41) is 67.3. The van der Waals surface area contributed by atoms with E-state index in [1.54, 1.807) is 0 Å². The van der Waals surface area contributed by atoms with Crippen molar-refractivity contribution in [3.05, 3.63) is 0 Å². The van der Waals surface area contributed by atoms with Crippen LogP contribution in [0, 0.1) is 0 Å². The molecule has 2 rings (SSSR count). The molecule has 11 atom stereocenters. The largest absolute Gasteiger partial charge is 0.394 e. The highest BCUT2D eigenvalue weighted by atomic mass is 35.5. The second-order valence-electron chi connectivity index (χ2n) is 5.72. The highest BCUT2D eigenvalue weighted by Gasteiger charge is 2.63. The molecular weight excluding hydrogens is 410 g/mol. The normalized spacial score (nSPS) is 50.6. The van der Waals surface area contributed by atoms with Crippen LogP contribution in [0.15, 0.2) is 0 Å². The van der Waals surface area contributed by atoms with Crippen molar-refractivity contribution < 1.29 is 50.0 Å². The highest BCUT2D eigenvalue weighted by Crippen LogP contribution is 2.41. The lowest BCUT2D eigenvalue weighted by Crippen LogP contribution is -2.62. The van der Waals surface area contributed by atoms with E-state index in [4.69, 9.17) is 49.0 Å². The third-order valence-corrected chi connectivity index (χ3v) is 5.19. The molecule has 0 amide bonds. The van der Waals surface area contributed by atoms with Gasteiger partial charge < -0.3 is 50.0 Å². The first kappa shape index (κ1) is 21.8. The number of hydrogen-bond acceptors (Lipinski definition) is 10. The van der Waals surface area contributed by atoms with Gasteiger partial charge in [0.15, 0.2) is 17.4 Å². The maximum atomic E-state index is 10.2. The van der Waals surface area contributed by atoms with Crippen LogP contribution in [0.2, 0.25) is 0 Å². The average Bonchev–Trinajstić information content (AvgIpc) is 2.81. The van der Waals surface area contributed by atoms with Gasteiger partial charge in [0, 0.05) is 0 Å². The molecule has 0 saturated carbocycles. The number of ether oxygens (including phenoxy) is 3. The molecule has 2 aliphatic heterocycles. The predicted octanol–water partition coefficient (Wildman–Crippen LogP) is -3.02. The first-order chi connectivity index (χ1) is 11.6. The number of rotatable bonds is 5. The molecule has 148 valence electrons. The minimum absolute atomic E-state index is 0.636. The maximum Gasteiger partial charge on any atom is 0.241 e. The van der Waals surface area contributed by atoms with E-state index in [1.165, 1.54) is 0 Å². The van der Waals surface area contributed by atoms with Crippen molar-refractivity contribution in [2.75, 3.05) is 6.61 Å². The Morgan fingerprint density at radius 2 is 1.64 bits per heavy atom. The molecule has 0 aromatic rings. The molecule has 0 spiro atoms. The number of aliphatic hydroxyl groups is 7. The van der Waals surface area contributed by atoms with E-state index < -0.39 is 71.8 Å². The molecule has 0 aromatic carbocycles. The van der Waals surface area contributed by atoms with Crippen LogP contribution in [0.4, 0.5) is 0 Å². The second kappa shape index (κ2) is 8.23. The van der Waals surface area contributed by atoms with Crippen LogP contribution >= 0.6 is 34.8 Å². The molecule has 2 aliphatic rings. The Morgan fingerprint density at radius 1 is 1.04 bits per heavy atom. The van der Waals surface area contributed by atoms with Gasteiger partial charge in [-0.3, -0.25) is 0 Å². The molecule has 0 radical (unpaired) electrons. The summed E-state index contributed by atoms with van der Waals surface area (Å²) in [6.45, 7) is -0.636. The SMILES string of the molecule is OC[C@H]1O[C@H](O[C@]2(C(O)Cl)O[C@H](C(O)Cl)[C@@H](O)[C@@H]2O)[C@H](O)[C@@H](O)[C@H]1Cl. The molecule has 2 unspecified atom stereocenters. The Bertz CT molecular complexity index is 455. The van der Waals surface area contributed by atoms with Gasteiger partial charge in [0.05, 0.1) is 12.0 Å². The van der Waals surface area contributed by atoms with Gasteiger partial charge in [-0.1, -0.05) is 23.2 Å². The second-order valence-corrected chi connectivity index (χ2v) is 7.08. The van der Waals surface area contributed by atoms with Crippen molar-refractivity contribution in [2.45, 2.75) is 65.2 Å². The lowest BCUT2D eigenvalue weighted by atomic mass is 10.0. The quantitative estimate of drug-likeness (QED) is 0.223. The third-order valence-electron chi connectivity index (χ3n) is 4.10. The summed E-state index contributed by atoms with van der Waals surface area (Å²) in [6, 6.07) is 0. The fourth-order valence-electron chi connectivity index (χ4n) is 2.66. The molecule has 0 aromatic heterocycles. The van der Waals surface area contributed by atoms with E-state index in [2.05, 4.69) is 0 Å². The summed E-state index contributed by atoms with van der Waals surface area (Å²) in [4.78, 5) is 0. The predicted molar refractivity (Wildman–Crippen MR) is 81.8 cm³/mol. The Balaban J connectivity index is 2.27. The summed E-state index contributed by atoms with van der Waals surface area (Å²) in [5.74, 6) is -2.56. The summed E-state index contributed by atoms with van der Waals surface area (Å²) in [6.07, 6.45) is -11.7. The van der Waals surface area contributed by atoms with Crippen LogP contribution < -0.4 is 0 Å². The van der Waals surface area contributed by atoms with E-state index in [9.17, 15) is 35.7 Å². The lowest BCUT2D eigenvalue weighted by molar-refractivity contribution is -0.378. The van der Waals surface area contributed by atoms with Crippen molar-refractivity contribution >= 4 is 34.8 Å². The Kier molecular flexibility index (Phi) is 7.17. The van der Waals surface area contributed by atoms with Crippen LogP contribution in [0.3, 0.4) is 0 Å². The van der Waals surface area contributed by atoms with Gasteiger partial charge in [0.1, 0.15) is 36.6 Å². The Morgan fingerprint density at radius 3 is 2.08 bits per heavy atom. The van der Waals surface area contributed by atoms with Gasteiger partial charge in [-0.05, 0) is 0 Å². The fourth-order valence-corrected chi connectivity index (χ4v) is 3.38. The van der Waals surface area contributed by atoms with Crippen LogP contribution in [0.5, 0.6) is 0 Å². The van der Waals surface area contributed by atoms with Gasteiger partial charge in [0.25, 0.3) is 0 Å². The number of alkyl halides is 3. The molecule has 0 bridgehead atoms. The van der Waals surface area contributed by atoms with Crippen molar-refractivity contribution in [3.63, 3.8) is 0 Å². The molecular formula is C12H19Cl3O10. The van der Waals surface area contributed by atoms with Gasteiger partial charge in [-0.2, -0.15) is 0 Å². The summed E-state index contributed by atoms with van der Waals surface area (Å²) in [7, 11) is 0. The zero-order chi connectivity index (χ0) is 19.1. The Labute approximate surface area is 157 Å². The zero-order valence-corrected chi connectivity index (χ0v) is 14.7. The minimum atomic E-state index is -2.56. The first-order valence-electron chi connectivity index (χ1n) is 7.19. The molecule has 25 heavy (non-hydrogen) atoms. The van der Waals surface area contributed by atoms with Gasteiger partial charge >= 0.3 is 0 Å². The zero-order valence-electron chi connectivity index (χ0n) is 12.5. The van der Waals surface area contributed by atoms with Gasteiger partial charge in [-0.15, -0.1) is 11.6 Å². The van der Waals surface area contributed by atoms with E-state index in [-0.39, 0.29) is 0 Å². The number of halogens is 3. The van der Waals surface area contributed by atoms with Crippen molar-refractivity contribution in [1.82, 2.24) is 0 Å². The first-order valence-corrected chi connectivity index (χ1v) is 8.50. The third kappa shape index (κ3) is 3.87. The fraction of sp³-hybridized carbons (Fsp3) is 1.00. The lowest BCUT2D eigenvalue weighted by Gasteiger charge is -2.44. The monoisotopic (exact) mass is 428 g/mol. The molecule has 10 nitrogen and oxygen atoms in total. The smallest absolute Gasteiger partial charge is 0.241 e. The van der Waals surface area contributed by atoms with Crippen LogP contribution in [0.1, 0.15) is 0 Å². The van der Waals surface area contributed by atoms with Crippen LogP contribution in [0.25, 0.3) is 0 Å². The topological polar surface area (TPSA) is 169 Å². The summed E-state index contributed by atoms with van der Waals surface area (Å²) >= 11 is 16.9. The van der Waals surface area contributed by atoms with Crippen molar-refractivity contribution in [2.24, 2.45) is 0 Å². The number of hydrogen-bond donors (Lipinski definition) is 7. The van der Waals surface area contributed by atoms with E-state index in [0.717, 1.165) is 0 Å². The Hall–Kier alpha value is 0.470. The molecule has 2 saturated heterocycles. The molecule has 7 N–H and O–H groups in total. The standard InChI is InChI=1S/C12H19Cl3O10/c13-3-2(1-16)23-10(5(18)4(3)17)25-12(11(15)22)8(20)6(19)7(24-12)9(14)21/h2-11,16-22H,1H2/t2-,3+,4+,5-,6-,7+,8+,9?,10-,11?,12-/m1/s1. The highest BCUT2D eigenvalue weighted by molar-refractivity contribution is 6.21. The van der Waals surface area contributed by atoms with Crippen LogP contribution in [-0.4, -0.2) is 108 Å². The average molecular weight is 430 g/mol. The van der Waals surface area contributed by atoms with Crippen molar-refractivity contribution in [1.29, 1.82) is 0 Å². The summed E-state index contributed by atoms with van der Waals surface area (Å²) < 4.78 is 15.6. The van der Waals surface area contributed by atoms with E-state index in [0.29, 0.717) is 0 Å². The molecule has 13 heteroatoms.